The van der Waals surface area contributed by atoms with Gasteiger partial charge in [0.1, 0.15) is 12.4 Å². The number of nitrogens with one attached hydrogen (secondary N) is 1. The molecule has 2 aromatic heterocycles. The lowest BCUT2D eigenvalue weighted by Gasteiger charge is -2.06. The number of halogens is 1. The number of carbonyl (C=O) groups is 1. The van der Waals surface area contributed by atoms with Crippen LogP contribution in [-0.2, 0) is 6.67 Å². The van der Waals surface area contributed by atoms with Crippen molar-refractivity contribution in [3.63, 3.8) is 0 Å². The van der Waals surface area contributed by atoms with Crippen LogP contribution < -0.4 is 10.1 Å². The number of anilines is 1. The van der Waals surface area contributed by atoms with Crippen molar-refractivity contribution in [2.24, 2.45) is 0 Å². The number of rotatable bonds is 5. The molecule has 1 N–H and O–H groups in total. The molecule has 0 aliphatic rings. The van der Waals surface area contributed by atoms with Crippen LogP contribution in [0.25, 0.3) is 0 Å². The summed E-state index contributed by atoms with van der Waals surface area (Å²) in [5.41, 5.74) is 2.92. The van der Waals surface area contributed by atoms with Crippen LogP contribution in [0.1, 0.15) is 21.9 Å². The summed E-state index contributed by atoms with van der Waals surface area (Å²) >= 11 is 3.50. The van der Waals surface area contributed by atoms with Crippen LogP contribution in [0.4, 0.5) is 5.69 Å². The molecule has 1 aromatic carbocycles. The first-order valence-corrected chi connectivity index (χ1v) is 8.45. The quantitative estimate of drug-likeness (QED) is 0.709. The van der Waals surface area contributed by atoms with Crippen molar-refractivity contribution < 1.29 is 9.53 Å². The zero-order chi connectivity index (χ0) is 18.0. The lowest BCUT2D eigenvalue weighted by Crippen LogP contribution is -2.15. The van der Waals surface area contributed by atoms with E-state index in [-0.39, 0.29) is 5.91 Å². The number of hydrogen-bond acceptors (Lipinski definition) is 4. The Labute approximate surface area is 153 Å². The van der Waals surface area contributed by atoms with E-state index in [0.717, 1.165) is 15.9 Å². The Bertz CT molecular complexity index is 916. The van der Waals surface area contributed by atoms with E-state index < -0.39 is 0 Å². The average molecular weight is 404 g/mol. The summed E-state index contributed by atoms with van der Waals surface area (Å²) in [5, 5.41) is 11.6. The van der Waals surface area contributed by atoms with E-state index >= 15 is 0 Å². The number of aromatic nitrogens is 4. The average Bonchev–Trinajstić information content (AvgIpc) is 3.16. The van der Waals surface area contributed by atoms with Crippen LogP contribution in [-0.4, -0.2) is 32.6 Å². The van der Waals surface area contributed by atoms with Gasteiger partial charge < -0.3 is 10.1 Å². The van der Waals surface area contributed by atoms with Crippen LogP contribution in [0.3, 0.4) is 0 Å². The molecule has 3 aromatic rings. The van der Waals surface area contributed by atoms with Gasteiger partial charge in [-0.05, 0) is 48.0 Å². The van der Waals surface area contributed by atoms with Gasteiger partial charge in [0.05, 0.1) is 23.0 Å². The third kappa shape index (κ3) is 3.74. The second-order valence-corrected chi connectivity index (χ2v) is 6.35. The largest absolute Gasteiger partial charge is 0.497 e. The molecule has 7 nitrogen and oxygen atoms in total. The zero-order valence-corrected chi connectivity index (χ0v) is 15.7. The SMILES string of the molecule is COc1cccc(NC(=O)c2ccn(Cn3nc(C)c(Br)c3C)n2)c1. The van der Waals surface area contributed by atoms with E-state index in [0.29, 0.717) is 23.8 Å². The van der Waals surface area contributed by atoms with Crippen LogP contribution in [0.15, 0.2) is 41.0 Å². The number of nitrogens with zero attached hydrogens (tertiary/aromatic N) is 4. The molecule has 0 atom stereocenters. The smallest absolute Gasteiger partial charge is 0.276 e. The summed E-state index contributed by atoms with van der Waals surface area (Å²) in [6, 6.07) is 8.86. The molecule has 25 heavy (non-hydrogen) atoms. The topological polar surface area (TPSA) is 74.0 Å². The maximum absolute atomic E-state index is 12.3. The van der Waals surface area contributed by atoms with Gasteiger partial charge in [-0.15, -0.1) is 0 Å². The molecule has 0 unspecified atom stereocenters. The van der Waals surface area contributed by atoms with Crippen molar-refractivity contribution in [3.05, 3.63) is 58.1 Å². The first kappa shape index (κ1) is 17.2. The predicted molar refractivity (Wildman–Crippen MR) is 98.0 cm³/mol. The number of benzene rings is 1. The highest BCUT2D eigenvalue weighted by Crippen LogP contribution is 2.20. The van der Waals surface area contributed by atoms with Gasteiger partial charge in [0.25, 0.3) is 5.91 Å². The molecule has 2 heterocycles. The molecule has 0 fully saturated rings. The van der Waals surface area contributed by atoms with Gasteiger partial charge >= 0.3 is 0 Å². The number of amides is 1. The van der Waals surface area contributed by atoms with Gasteiger partial charge in [-0.1, -0.05) is 6.07 Å². The first-order valence-electron chi connectivity index (χ1n) is 7.66. The Hall–Kier alpha value is -2.61. The standard InChI is InChI=1S/C17H18BrN5O2/c1-11-16(18)12(2)23(20-11)10-22-8-7-15(21-22)17(24)19-13-5-4-6-14(9-13)25-3/h4-9H,10H2,1-3H3,(H,19,24). The lowest BCUT2D eigenvalue weighted by atomic mass is 10.3. The molecule has 0 bridgehead atoms. The molecular formula is C17H18BrN5O2. The van der Waals surface area contributed by atoms with Crippen LogP contribution in [0.5, 0.6) is 5.75 Å². The Balaban J connectivity index is 1.72. The van der Waals surface area contributed by atoms with E-state index in [1.807, 2.05) is 30.7 Å². The second kappa shape index (κ2) is 7.10. The molecule has 0 aliphatic heterocycles. The summed E-state index contributed by atoms with van der Waals surface area (Å²) in [6.07, 6.45) is 1.75. The van der Waals surface area contributed by atoms with Crippen molar-refractivity contribution in [2.45, 2.75) is 20.5 Å². The fourth-order valence-corrected chi connectivity index (χ4v) is 2.69. The molecule has 1 amide bonds. The molecule has 0 spiro atoms. The third-order valence-corrected chi connectivity index (χ3v) is 4.92. The zero-order valence-electron chi connectivity index (χ0n) is 14.2. The van der Waals surface area contributed by atoms with Crippen LogP contribution in [0.2, 0.25) is 0 Å². The molecule has 0 radical (unpaired) electrons. The molecule has 3 rings (SSSR count). The summed E-state index contributed by atoms with van der Waals surface area (Å²) in [5.74, 6) is 0.403. The molecule has 0 saturated carbocycles. The molecule has 8 heteroatoms. The van der Waals surface area contributed by atoms with E-state index in [4.69, 9.17) is 4.74 Å². The van der Waals surface area contributed by atoms with Crippen molar-refractivity contribution in [1.82, 2.24) is 19.6 Å². The van der Waals surface area contributed by atoms with Crippen LogP contribution in [0, 0.1) is 13.8 Å². The Morgan fingerprint density at radius 1 is 1.28 bits per heavy atom. The fourth-order valence-electron chi connectivity index (χ4n) is 2.41. The van der Waals surface area contributed by atoms with E-state index in [9.17, 15) is 4.79 Å². The number of ether oxygens (including phenoxy) is 1. The predicted octanol–water partition coefficient (Wildman–Crippen LogP) is 3.23. The Kier molecular flexibility index (Phi) is 4.89. The van der Waals surface area contributed by atoms with Gasteiger partial charge in [-0.25, -0.2) is 4.68 Å². The molecular weight excluding hydrogens is 386 g/mol. The maximum atomic E-state index is 12.3. The highest BCUT2D eigenvalue weighted by Gasteiger charge is 2.12. The minimum atomic E-state index is -0.276. The second-order valence-electron chi connectivity index (χ2n) is 5.55. The third-order valence-electron chi connectivity index (χ3n) is 3.77. The number of carbonyl (C=O) groups excluding carboxylic acids is 1. The minimum absolute atomic E-state index is 0.276. The highest BCUT2D eigenvalue weighted by atomic mass is 79.9. The summed E-state index contributed by atoms with van der Waals surface area (Å²) in [4.78, 5) is 12.3. The van der Waals surface area contributed by atoms with Crippen LogP contribution >= 0.6 is 15.9 Å². The van der Waals surface area contributed by atoms with E-state index in [2.05, 4.69) is 31.4 Å². The van der Waals surface area contributed by atoms with Gasteiger partial charge in [0, 0.05) is 18.0 Å². The molecule has 0 aliphatic carbocycles. The minimum Gasteiger partial charge on any atom is -0.497 e. The maximum Gasteiger partial charge on any atom is 0.276 e. The van der Waals surface area contributed by atoms with E-state index in [1.165, 1.54) is 0 Å². The van der Waals surface area contributed by atoms with Crippen molar-refractivity contribution >= 4 is 27.5 Å². The van der Waals surface area contributed by atoms with Crippen molar-refractivity contribution in [3.8, 4) is 5.75 Å². The Morgan fingerprint density at radius 2 is 2.08 bits per heavy atom. The monoisotopic (exact) mass is 403 g/mol. The Morgan fingerprint density at radius 3 is 2.76 bits per heavy atom. The molecule has 130 valence electrons. The summed E-state index contributed by atoms with van der Waals surface area (Å²) in [7, 11) is 1.58. The molecule has 0 saturated heterocycles. The van der Waals surface area contributed by atoms with Crippen molar-refractivity contribution in [2.75, 3.05) is 12.4 Å². The number of aryl methyl sites for hydroxylation is 1. The van der Waals surface area contributed by atoms with Gasteiger partial charge in [0.2, 0.25) is 0 Å². The lowest BCUT2D eigenvalue weighted by molar-refractivity contribution is 0.102. The van der Waals surface area contributed by atoms with Gasteiger partial charge in [0.15, 0.2) is 5.69 Å². The number of methoxy groups -OCH3 is 1. The number of hydrogen-bond donors (Lipinski definition) is 1. The van der Waals surface area contributed by atoms with Gasteiger partial charge in [-0.3, -0.25) is 9.48 Å². The fraction of sp³-hybridized carbons (Fsp3) is 0.235. The van der Waals surface area contributed by atoms with Crippen molar-refractivity contribution in [1.29, 1.82) is 0 Å². The van der Waals surface area contributed by atoms with E-state index in [1.54, 1.807) is 36.2 Å². The highest BCUT2D eigenvalue weighted by molar-refractivity contribution is 9.10. The summed E-state index contributed by atoms with van der Waals surface area (Å²) in [6.45, 7) is 4.35. The van der Waals surface area contributed by atoms with Gasteiger partial charge in [-0.2, -0.15) is 10.2 Å². The first-order chi connectivity index (χ1) is 12.0. The normalized spacial score (nSPS) is 10.7. The summed E-state index contributed by atoms with van der Waals surface area (Å²) < 4.78 is 9.64.